The first-order valence-corrected chi connectivity index (χ1v) is 7.30. The van der Waals surface area contributed by atoms with Gasteiger partial charge in [-0.05, 0) is 29.8 Å². The molecule has 0 radical (unpaired) electrons. The van der Waals surface area contributed by atoms with Gasteiger partial charge < -0.3 is 15.2 Å². The van der Waals surface area contributed by atoms with Crippen LogP contribution in [-0.2, 0) is 11.2 Å². The average Bonchev–Trinajstić information content (AvgIpc) is 2.55. The minimum Gasteiger partial charge on any atom is -0.497 e. The van der Waals surface area contributed by atoms with E-state index in [1.165, 1.54) is 0 Å². The first kappa shape index (κ1) is 16.8. The number of hydrogen-bond acceptors (Lipinski definition) is 3. The van der Waals surface area contributed by atoms with Crippen LogP contribution in [-0.4, -0.2) is 30.1 Å². The molecule has 0 aromatic heterocycles. The molecule has 23 heavy (non-hydrogen) atoms. The van der Waals surface area contributed by atoms with Gasteiger partial charge in [0, 0.05) is 6.42 Å². The predicted octanol–water partition coefficient (Wildman–Crippen LogP) is 2.77. The lowest BCUT2D eigenvalue weighted by atomic mass is 10.1. The molecule has 2 rings (SSSR count). The van der Waals surface area contributed by atoms with E-state index in [1.54, 1.807) is 55.6 Å². The van der Waals surface area contributed by atoms with Gasteiger partial charge in [-0.25, -0.2) is 4.79 Å². The molecule has 0 saturated carbocycles. The fourth-order valence-corrected chi connectivity index (χ4v) is 2.30. The van der Waals surface area contributed by atoms with Crippen molar-refractivity contribution < 1.29 is 19.4 Å². The van der Waals surface area contributed by atoms with Gasteiger partial charge in [-0.2, -0.15) is 0 Å². The number of carbonyl (C=O) groups excluding carboxylic acids is 1. The Hall–Kier alpha value is -2.53. The van der Waals surface area contributed by atoms with E-state index in [-0.39, 0.29) is 17.0 Å². The Morgan fingerprint density at radius 3 is 2.39 bits per heavy atom. The molecule has 120 valence electrons. The standard InChI is InChI=1S/C17H16ClNO4/c1-23-12-8-6-11(7-9-12)10-15(17(21)22)19-16(20)13-4-2-3-5-14(13)18/h2-9,15H,10H2,1H3,(H,19,20)(H,21,22)/t15-/m0/s1. The summed E-state index contributed by atoms with van der Waals surface area (Å²) in [5.41, 5.74) is 1.02. The molecule has 0 saturated heterocycles. The third-order valence-electron chi connectivity index (χ3n) is 3.32. The number of benzene rings is 2. The third-order valence-corrected chi connectivity index (χ3v) is 3.65. The van der Waals surface area contributed by atoms with Crippen molar-refractivity contribution in [1.82, 2.24) is 5.32 Å². The molecule has 1 atom stereocenters. The lowest BCUT2D eigenvalue weighted by molar-refractivity contribution is -0.139. The van der Waals surface area contributed by atoms with Gasteiger partial charge in [0.2, 0.25) is 0 Å². The van der Waals surface area contributed by atoms with Crippen LogP contribution in [0.15, 0.2) is 48.5 Å². The van der Waals surface area contributed by atoms with Gasteiger partial charge in [0.05, 0.1) is 17.7 Å². The molecule has 0 aliphatic rings. The van der Waals surface area contributed by atoms with Crippen LogP contribution in [0, 0.1) is 0 Å². The summed E-state index contributed by atoms with van der Waals surface area (Å²) in [5, 5.41) is 12.1. The van der Waals surface area contributed by atoms with Crippen molar-refractivity contribution in [2.45, 2.75) is 12.5 Å². The van der Waals surface area contributed by atoms with Crippen molar-refractivity contribution in [3.8, 4) is 5.75 Å². The number of ether oxygens (including phenoxy) is 1. The van der Waals surface area contributed by atoms with Gasteiger partial charge >= 0.3 is 5.97 Å². The monoisotopic (exact) mass is 333 g/mol. The summed E-state index contributed by atoms with van der Waals surface area (Å²) in [6.45, 7) is 0. The molecule has 5 nitrogen and oxygen atoms in total. The summed E-state index contributed by atoms with van der Waals surface area (Å²) < 4.78 is 5.06. The smallest absolute Gasteiger partial charge is 0.326 e. The normalized spacial score (nSPS) is 11.6. The number of carbonyl (C=O) groups is 2. The molecule has 2 aromatic rings. The summed E-state index contributed by atoms with van der Waals surface area (Å²) >= 11 is 5.95. The Balaban J connectivity index is 2.11. The number of rotatable bonds is 6. The van der Waals surface area contributed by atoms with E-state index < -0.39 is 17.9 Å². The molecule has 2 N–H and O–H groups in total. The zero-order valence-corrected chi connectivity index (χ0v) is 13.2. The number of methoxy groups -OCH3 is 1. The summed E-state index contributed by atoms with van der Waals surface area (Å²) in [4.78, 5) is 23.6. The highest BCUT2D eigenvalue weighted by Crippen LogP contribution is 2.16. The van der Waals surface area contributed by atoms with E-state index in [9.17, 15) is 14.7 Å². The van der Waals surface area contributed by atoms with Crippen molar-refractivity contribution in [1.29, 1.82) is 0 Å². The number of carboxylic acids is 1. The number of amides is 1. The highest BCUT2D eigenvalue weighted by Gasteiger charge is 2.22. The third kappa shape index (κ3) is 4.47. The Kier molecular flexibility index (Phi) is 5.60. The number of carboxylic acid groups (broad SMARTS) is 1. The lowest BCUT2D eigenvalue weighted by Crippen LogP contribution is -2.42. The maximum absolute atomic E-state index is 12.2. The van der Waals surface area contributed by atoms with Crippen molar-refractivity contribution in [2.24, 2.45) is 0 Å². The topological polar surface area (TPSA) is 75.6 Å². The molecule has 0 heterocycles. The molecule has 6 heteroatoms. The zero-order chi connectivity index (χ0) is 16.8. The van der Waals surface area contributed by atoms with Crippen LogP contribution in [0.1, 0.15) is 15.9 Å². The number of halogens is 1. The van der Waals surface area contributed by atoms with Crippen LogP contribution < -0.4 is 10.1 Å². The second-order valence-corrected chi connectivity index (χ2v) is 5.30. The highest BCUT2D eigenvalue weighted by atomic mass is 35.5. The van der Waals surface area contributed by atoms with Crippen LogP contribution in [0.25, 0.3) is 0 Å². The molecule has 0 bridgehead atoms. The van der Waals surface area contributed by atoms with Crippen molar-refractivity contribution in [3.05, 3.63) is 64.7 Å². The molecule has 2 aromatic carbocycles. The molecular weight excluding hydrogens is 318 g/mol. The van der Waals surface area contributed by atoms with Crippen LogP contribution in [0.3, 0.4) is 0 Å². The number of hydrogen-bond donors (Lipinski definition) is 2. The van der Waals surface area contributed by atoms with Gasteiger partial charge in [0.25, 0.3) is 5.91 Å². The van der Waals surface area contributed by atoms with Gasteiger partial charge in [0.1, 0.15) is 11.8 Å². The SMILES string of the molecule is COc1ccc(C[C@H](NC(=O)c2ccccc2Cl)C(=O)O)cc1. The second-order valence-electron chi connectivity index (χ2n) is 4.90. The van der Waals surface area contributed by atoms with Crippen molar-refractivity contribution in [2.75, 3.05) is 7.11 Å². The fourth-order valence-electron chi connectivity index (χ4n) is 2.08. The van der Waals surface area contributed by atoms with Gasteiger partial charge in [0.15, 0.2) is 0 Å². The molecule has 0 unspecified atom stereocenters. The molecule has 0 fully saturated rings. The summed E-state index contributed by atoms with van der Waals surface area (Å²) in [6, 6.07) is 12.4. The largest absolute Gasteiger partial charge is 0.497 e. The molecular formula is C17H16ClNO4. The van der Waals surface area contributed by atoms with E-state index >= 15 is 0 Å². The van der Waals surface area contributed by atoms with Crippen LogP contribution in [0.4, 0.5) is 0 Å². The highest BCUT2D eigenvalue weighted by molar-refractivity contribution is 6.33. The Morgan fingerprint density at radius 2 is 1.83 bits per heavy atom. The van der Waals surface area contributed by atoms with Gasteiger partial charge in [-0.3, -0.25) is 4.79 Å². The summed E-state index contributed by atoms with van der Waals surface area (Å²) in [6.07, 6.45) is 0.162. The van der Waals surface area contributed by atoms with E-state index in [0.29, 0.717) is 5.75 Å². The fraction of sp³-hybridized carbons (Fsp3) is 0.176. The maximum atomic E-state index is 12.2. The Morgan fingerprint density at radius 1 is 1.17 bits per heavy atom. The lowest BCUT2D eigenvalue weighted by Gasteiger charge is -2.15. The van der Waals surface area contributed by atoms with Gasteiger partial charge in [-0.1, -0.05) is 35.9 Å². The first-order chi connectivity index (χ1) is 11.0. The molecule has 0 aliphatic heterocycles. The number of nitrogens with one attached hydrogen (secondary N) is 1. The van der Waals surface area contributed by atoms with Crippen molar-refractivity contribution in [3.63, 3.8) is 0 Å². The minimum atomic E-state index is -1.11. The molecule has 1 amide bonds. The summed E-state index contributed by atoms with van der Waals surface area (Å²) in [5.74, 6) is -0.946. The van der Waals surface area contributed by atoms with E-state index in [2.05, 4.69) is 5.32 Å². The first-order valence-electron chi connectivity index (χ1n) is 6.92. The average molecular weight is 334 g/mol. The van der Waals surface area contributed by atoms with E-state index in [1.807, 2.05) is 0 Å². The van der Waals surface area contributed by atoms with Crippen LogP contribution in [0.2, 0.25) is 5.02 Å². The van der Waals surface area contributed by atoms with Crippen molar-refractivity contribution >= 4 is 23.5 Å². The Labute approximate surface area is 138 Å². The number of aliphatic carboxylic acids is 1. The Bertz CT molecular complexity index is 700. The quantitative estimate of drug-likeness (QED) is 0.852. The molecule has 0 spiro atoms. The maximum Gasteiger partial charge on any atom is 0.326 e. The van der Waals surface area contributed by atoms with E-state index in [0.717, 1.165) is 5.56 Å². The second kappa shape index (κ2) is 7.65. The zero-order valence-electron chi connectivity index (χ0n) is 12.5. The predicted molar refractivity (Wildman–Crippen MR) is 87.0 cm³/mol. The van der Waals surface area contributed by atoms with Crippen LogP contribution in [0.5, 0.6) is 5.75 Å². The van der Waals surface area contributed by atoms with E-state index in [4.69, 9.17) is 16.3 Å². The molecule has 0 aliphatic carbocycles. The van der Waals surface area contributed by atoms with Crippen LogP contribution >= 0.6 is 11.6 Å². The minimum absolute atomic E-state index is 0.162. The summed E-state index contributed by atoms with van der Waals surface area (Å²) in [7, 11) is 1.55. The van der Waals surface area contributed by atoms with Gasteiger partial charge in [-0.15, -0.1) is 0 Å².